The molecular weight excluding hydrogens is 400 g/mol. The van der Waals surface area contributed by atoms with Gasteiger partial charge in [0.2, 0.25) is 5.91 Å². The van der Waals surface area contributed by atoms with Crippen molar-refractivity contribution in [2.45, 2.75) is 31.0 Å². The molecule has 0 bridgehead atoms. The van der Waals surface area contributed by atoms with E-state index in [-0.39, 0.29) is 18.5 Å². The Morgan fingerprint density at radius 2 is 2.06 bits per heavy atom. The number of aromatic nitrogens is 2. The van der Waals surface area contributed by atoms with Gasteiger partial charge in [0, 0.05) is 51.7 Å². The number of methoxy groups -OCH3 is 1. The Hall–Kier alpha value is -2.91. The molecule has 1 aromatic carbocycles. The summed E-state index contributed by atoms with van der Waals surface area (Å²) in [5.41, 5.74) is 1.01. The Kier molecular flexibility index (Phi) is 7.64. The summed E-state index contributed by atoms with van der Waals surface area (Å²) in [6.45, 7) is 2.18. The molecule has 2 aliphatic heterocycles. The van der Waals surface area contributed by atoms with E-state index in [0.29, 0.717) is 25.1 Å². The lowest BCUT2D eigenvalue weighted by molar-refractivity contribution is -0.134. The number of para-hydroxylation sites is 1. The number of imidazole rings is 1. The third kappa shape index (κ3) is 5.23. The zero-order chi connectivity index (χ0) is 22.4. The Balaban J connectivity index is 0.000000858. The van der Waals surface area contributed by atoms with Crippen LogP contribution in [0.2, 0.25) is 0 Å². The van der Waals surface area contributed by atoms with Crippen LogP contribution in [0.3, 0.4) is 0 Å². The van der Waals surface area contributed by atoms with Crippen molar-refractivity contribution in [3.8, 4) is 17.1 Å². The lowest BCUT2D eigenvalue weighted by Gasteiger charge is -2.35. The molecule has 0 unspecified atom stereocenters. The van der Waals surface area contributed by atoms with Gasteiger partial charge in [-0.3, -0.25) is 14.5 Å². The van der Waals surface area contributed by atoms with Crippen LogP contribution in [0.25, 0.3) is 11.4 Å². The number of carboxylic acid groups (broad SMARTS) is 1. The van der Waals surface area contributed by atoms with Gasteiger partial charge in [-0.25, -0.2) is 4.98 Å². The predicted molar refractivity (Wildman–Crippen MR) is 115 cm³/mol. The molecular formula is C22H30N4O5. The Morgan fingerprint density at radius 1 is 1.32 bits per heavy atom. The van der Waals surface area contributed by atoms with Crippen LogP contribution in [0.4, 0.5) is 0 Å². The molecule has 4 rings (SSSR count). The van der Waals surface area contributed by atoms with E-state index in [2.05, 4.69) is 20.6 Å². The predicted octanol–water partition coefficient (Wildman–Crippen LogP) is 1.75. The third-order valence-electron chi connectivity index (χ3n) is 5.78. The molecule has 2 aromatic rings. The van der Waals surface area contributed by atoms with Crippen molar-refractivity contribution in [2.75, 3.05) is 40.9 Å². The van der Waals surface area contributed by atoms with E-state index >= 15 is 0 Å². The molecule has 1 aromatic heterocycles. The quantitative estimate of drug-likeness (QED) is 0.722. The Bertz CT molecular complexity index is 884. The van der Waals surface area contributed by atoms with E-state index in [0.717, 1.165) is 36.6 Å². The first-order valence-electron chi connectivity index (χ1n) is 10.3. The highest BCUT2D eigenvalue weighted by molar-refractivity contribution is 5.76. The first-order valence-corrected chi connectivity index (χ1v) is 10.3. The molecule has 9 nitrogen and oxygen atoms in total. The van der Waals surface area contributed by atoms with Crippen molar-refractivity contribution in [2.24, 2.45) is 0 Å². The molecule has 2 saturated heterocycles. The van der Waals surface area contributed by atoms with Crippen molar-refractivity contribution in [1.82, 2.24) is 19.4 Å². The van der Waals surface area contributed by atoms with Crippen molar-refractivity contribution in [3.05, 3.63) is 36.7 Å². The lowest BCUT2D eigenvalue weighted by Crippen LogP contribution is -2.47. The van der Waals surface area contributed by atoms with E-state index in [1.54, 1.807) is 26.1 Å². The minimum Gasteiger partial charge on any atom is -0.496 e. The third-order valence-corrected chi connectivity index (χ3v) is 5.78. The number of nitrogens with zero attached hydrogens (tertiary/aromatic N) is 4. The van der Waals surface area contributed by atoms with E-state index in [9.17, 15) is 4.79 Å². The average Bonchev–Trinajstić information content (AvgIpc) is 3.40. The van der Waals surface area contributed by atoms with Gasteiger partial charge in [0.1, 0.15) is 11.6 Å². The van der Waals surface area contributed by atoms with Gasteiger partial charge in [-0.1, -0.05) is 12.1 Å². The summed E-state index contributed by atoms with van der Waals surface area (Å²) < 4.78 is 13.8. The zero-order valence-electron chi connectivity index (χ0n) is 18.2. The standard InChI is InChI=1S/C21H28N4O3.CH2O2/c1-23(2)20(26)11-17-13-24-12-15(10-16(24)14-28-17)25-9-8-22-21(25)18-6-4-5-7-19(18)27-3;2-1-3/h4-9,15-17H,10-14H2,1-3H3;1H,(H,2,3)/t15-,16+,17+;/m1./s1. The molecule has 3 atom stereocenters. The number of fused-ring (bicyclic) bond motifs is 1. The maximum atomic E-state index is 12.0. The summed E-state index contributed by atoms with van der Waals surface area (Å²) >= 11 is 0. The van der Waals surface area contributed by atoms with Crippen LogP contribution in [0, 0.1) is 0 Å². The summed E-state index contributed by atoms with van der Waals surface area (Å²) in [4.78, 5) is 29.1. The molecule has 2 fully saturated rings. The second-order valence-electron chi connectivity index (χ2n) is 7.91. The fraction of sp³-hybridized carbons (Fsp3) is 0.500. The number of hydrogen-bond acceptors (Lipinski definition) is 6. The average molecular weight is 431 g/mol. The highest BCUT2D eigenvalue weighted by Crippen LogP contribution is 2.36. The van der Waals surface area contributed by atoms with Crippen LogP contribution < -0.4 is 4.74 Å². The van der Waals surface area contributed by atoms with Crippen LogP contribution in [-0.4, -0.2) is 89.9 Å². The van der Waals surface area contributed by atoms with Gasteiger partial charge in [0.25, 0.3) is 6.47 Å². The molecule has 0 spiro atoms. The van der Waals surface area contributed by atoms with Crippen molar-refractivity contribution >= 4 is 12.4 Å². The number of carbonyl (C=O) groups is 2. The smallest absolute Gasteiger partial charge is 0.290 e. The van der Waals surface area contributed by atoms with Gasteiger partial charge >= 0.3 is 0 Å². The van der Waals surface area contributed by atoms with E-state index in [4.69, 9.17) is 19.4 Å². The highest BCUT2D eigenvalue weighted by Gasteiger charge is 2.39. The van der Waals surface area contributed by atoms with E-state index in [1.165, 1.54) is 0 Å². The molecule has 3 heterocycles. The molecule has 0 radical (unpaired) electrons. The van der Waals surface area contributed by atoms with Crippen molar-refractivity contribution in [1.29, 1.82) is 0 Å². The maximum Gasteiger partial charge on any atom is 0.290 e. The SMILES string of the molecule is COc1ccccc1-c1nccn1[C@@H]1C[C@H]2CO[C@@H](CC(=O)N(C)C)CN2C1.O=CO. The monoisotopic (exact) mass is 430 g/mol. The van der Waals surface area contributed by atoms with Gasteiger partial charge in [-0.2, -0.15) is 0 Å². The zero-order valence-corrected chi connectivity index (χ0v) is 18.2. The summed E-state index contributed by atoms with van der Waals surface area (Å²) in [6, 6.07) is 8.72. The molecule has 2 aliphatic rings. The van der Waals surface area contributed by atoms with Gasteiger partial charge in [-0.15, -0.1) is 0 Å². The molecule has 0 aliphatic carbocycles. The largest absolute Gasteiger partial charge is 0.496 e. The minimum absolute atomic E-state index is 0.0265. The van der Waals surface area contributed by atoms with E-state index in [1.807, 2.05) is 30.5 Å². The molecule has 31 heavy (non-hydrogen) atoms. The summed E-state index contributed by atoms with van der Waals surface area (Å²) in [5, 5.41) is 6.89. The number of morpholine rings is 1. The fourth-order valence-electron chi connectivity index (χ4n) is 4.26. The molecule has 1 amide bonds. The number of hydrogen-bond donors (Lipinski definition) is 1. The van der Waals surface area contributed by atoms with Gasteiger partial charge in [0.15, 0.2) is 0 Å². The summed E-state index contributed by atoms with van der Waals surface area (Å²) in [5.74, 6) is 1.88. The van der Waals surface area contributed by atoms with Crippen molar-refractivity contribution in [3.63, 3.8) is 0 Å². The minimum atomic E-state index is -0.250. The van der Waals surface area contributed by atoms with Crippen LogP contribution in [0.5, 0.6) is 5.75 Å². The number of amides is 1. The molecule has 168 valence electrons. The van der Waals surface area contributed by atoms with Crippen LogP contribution in [0.1, 0.15) is 18.9 Å². The Labute approximate surface area is 182 Å². The van der Waals surface area contributed by atoms with E-state index < -0.39 is 0 Å². The second kappa shape index (κ2) is 10.4. The Morgan fingerprint density at radius 3 is 2.77 bits per heavy atom. The van der Waals surface area contributed by atoms with Crippen LogP contribution >= 0.6 is 0 Å². The number of ether oxygens (including phenoxy) is 2. The van der Waals surface area contributed by atoms with Gasteiger partial charge in [-0.05, 0) is 18.6 Å². The number of carbonyl (C=O) groups excluding carboxylic acids is 1. The topological polar surface area (TPSA) is 97.1 Å². The van der Waals surface area contributed by atoms with Crippen molar-refractivity contribution < 1.29 is 24.2 Å². The van der Waals surface area contributed by atoms with Crippen LogP contribution in [0.15, 0.2) is 36.7 Å². The maximum absolute atomic E-state index is 12.0. The summed E-state index contributed by atoms with van der Waals surface area (Å²) in [6.07, 6.45) is 5.35. The molecule has 0 saturated carbocycles. The number of rotatable bonds is 5. The number of benzene rings is 1. The second-order valence-corrected chi connectivity index (χ2v) is 7.91. The first-order chi connectivity index (χ1) is 15.0. The molecule has 9 heteroatoms. The first kappa shape index (κ1) is 22.8. The summed E-state index contributed by atoms with van der Waals surface area (Å²) in [7, 11) is 5.27. The van der Waals surface area contributed by atoms with Gasteiger partial charge < -0.3 is 24.0 Å². The molecule has 1 N–H and O–H groups in total. The highest BCUT2D eigenvalue weighted by atomic mass is 16.5. The van der Waals surface area contributed by atoms with Crippen LogP contribution in [-0.2, 0) is 14.3 Å². The van der Waals surface area contributed by atoms with Gasteiger partial charge in [0.05, 0.1) is 31.8 Å². The lowest BCUT2D eigenvalue weighted by atomic mass is 10.1. The fourth-order valence-corrected chi connectivity index (χ4v) is 4.26. The normalized spacial score (nSPS) is 22.7.